The van der Waals surface area contributed by atoms with Gasteiger partial charge in [0.25, 0.3) is 0 Å². The molecule has 0 heterocycles. The fourth-order valence-electron chi connectivity index (χ4n) is 3.32. The van der Waals surface area contributed by atoms with Crippen LogP contribution in [-0.2, 0) is 12.8 Å². The number of rotatable bonds is 4. The minimum atomic E-state index is 1.01. The highest BCUT2D eigenvalue weighted by Gasteiger charge is 2.09. The van der Waals surface area contributed by atoms with Crippen molar-refractivity contribution < 1.29 is 0 Å². The molecule has 0 fully saturated rings. The van der Waals surface area contributed by atoms with Gasteiger partial charge in [0, 0.05) is 0 Å². The molecule has 0 amide bonds. The van der Waals surface area contributed by atoms with Crippen LogP contribution in [0.4, 0.5) is 0 Å². The minimum absolute atomic E-state index is 1.01. The highest BCUT2D eigenvalue weighted by molar-refractivity contribution is 5.43. The van der Waals surface area contributed by atoms with Gasteiger partial charge in [-0.3, -0.25) is 0 Å². The largest absolute Gasteiger partial charge is 0.0620 e. The first-order valence-electron chi connectivity index (χ1n) is 8.73. The predicted molar refractivity (Wildman–Crippen MR) is 104 cm³/mol. The average molecular weight is 314 g/mol. The molecule has 3 aromatic rings. The fraction of sp³-hybridized carbons (Fsp3) is 0.250. The molecule has 0 nitrogen and oxygen atoms in total. The second-order valence-corrected chi connectivity index (χ2v) is 6.84. The minimum Gasteiger partial charge on any atom is -0.0620 e. The zero-order valence-electron chi connectivity index (χ0n) is 15.2. The molecule has 0 saturated carbocycles. The number of hydrogen-bond acceptors (Lipinski definition) is 0. The summed E-state index contributed by atoms with van der Waals surface area (Å²) in [4.78, 5) is 0. The number of hydrogen-bond donors (Lipinski definition) is 0. The lowest BCUT2D eigenvalue weighted by atomic mass is 9.91. The SMILES string of the molecule is Cc1cccc(Cc2ccccc2Cc2cccc(C)c2C)c1C. The van der Waals surface area contributed by atoms with Gasteiger partial charge in [-0.1, -0.05) is 60.7 Å². The van der Waals surface area contributed by atoms with E-state index in [0.717, 1.165) is 12.8 Å². The van der Waals surface area contributed by atoms with E-state index in [-0.39, 0.29) is 0 Å². The molecule has 3 rings (SSSR count). The Kier molecular flexibility index (Phi) is 4.85. The summed E-state index contributed by atoms with van der Waals surface area (Å²) in [6.45, 7) is 8.86. The summed E-state index contributed by atoms with van der Waals surface area (Å²) in [7, 11) is 0. The van der Waals surface area contributed by atoms with Gasteiger partial charge >= 0.3 is 0 Å². The van der Waals surface area contributed by atoms with Crippen LogP contribution >= 0.6 is 0 Å². The Balaban J connectivity index is 1.94. The molecule has 24 heavy (non-hydrogen) atoms. The van der Waals surface area contributed by atoms with Gasteiger partial charge < -0.3 is 0 Å². The molecule has 0 N–H and O–H groups in total. The molecule has 0 spiro atoms. The maximum absolute atomic E-state index is 2.28. The topological polar surface area (TPSA) is 0 Å². The molecule has 0 atom stereocenters. The molecular weight excluding hydrogens is 288 g/mol. The van der Waals surface area contributed by atoms with Gasteiger partial charge in [-0.05, 0) is 85.0 Å². The molecule has 3 aromatic carbocycles. The summed E-state index contributed by atoms with van der Waals surface area (Å²) in [5.41, 5.74) is 11.3. The van der Waals surface area contributed by atoms with E-state index >= 15 is 0 Å². The molecule has 0 aliphatic rings. The van der Waals surface area contributed by atoms with E-state index in [4.69, 9.17) is 0 Å². The Morgan fingerprint density at radius 2 is 0.833 bits per heavy atom. The van der Waals surface area contributed by atoms with Crippen molar-refractivity contribution in [1.82, 2.24) is 0 Å². The molecule has 0 aromatic heterocycles. The quantitative estimate of drug-likeness (QED) is 0.545. The third-order valence-electron chi connectivity index (χ3n) is 5.31. The normalized spacial score (nSPS) is 10.8. The van der Waals surface area contributed by atoms with Crippen LogP contribution in [0.5, 0.6) is 0 Å². The first kappa shape index (κ1) is 16.5. The summed E-state index contributed by atoms with van der Waals surface area (Å²) >= 11 is 0. The van der Waals surface area contributed by atoms with Crippen molar-refractivity contribution in [1.29, 1.82) is 0 Å². The number of aryl methyl sites for hydroxylation is 2. The van der Waals surface area contributed by atoms with Crippen LogP contribution in [0.25, 0.3) is 0 Å². The molecule has 0 radical (unpaired) electrons. The Morgan fingerprint density at radius 1 is 0.458 bits per heavy atom. The zero-order chi connectivity index (χ0) is 17.1. The summed E-state index contributed by atoms with van der Waals surface area (Å²) in [5, 5.41) is 0. The third-order valence-corrected chi connectivity index (χ3v) is 5.31. The second-order valence-electron chi connectivity index (χ2n) is 6.84. The van der Waals surface area contributed by atoms with Gasteiger partial charge in [0.2, 0.25) is 0 Å². The molecule has 0 aliphatic carbocycles. The number of benzene rings is 3. The lowest BCUT2D eigenvalue weighted by molar-refractivity contribution is 1.06. The Morgan fingerprint density at radius 3 is 1.25 bits per heavy atom. The molecule has 122 valence electrons. The Bertz CT molecular complexity index is 783. The fourth-order valence-corrected chi connectivity index (χ4v) is 3.32. The highest BCUT2D eigenvalue weighted by Crippen LogP contribution is 2.23. The van der Waals surface area contributed by atoms with Crippen molar-refractivity contribution >= 4 is 0 Å². The van der Waals surface area contributed by atoms with Crippen LogP contribution < -0.4 is 0 Å². The van der Waals surface area contributed by atoms with Crippen LogP contribution in [0.1, 0.15) is 44.5 Å². The maximum Gasteiger partial charge on any atom is -0.00202 e. The van der Waals surface area contributed by atoms with Crippen LogP contribution in [0.15, 0.2) is 60.7 Å². The summed E-state index contributed by atoms with van der Waals surface area (Å²) in [6, 6.07) is 22.1. The first-order valence-corrected chi connectivity index (χ1v) is 8.73. The molecular formula is C24H26. The van der Waals surface area contributed by atoms with Crippen molar-refractivity contribution in [2.24, 2.45) is 0 Å². The average Bonchev–Trinajstić information content (AvgIpc) is 2.58. The molecule has 0 saturated heterocycles. The maximum atomic E-state index is 2.28. The van der Waals surface area contributed by atoms with Crippen LogP contribution in [-0.4, -0.2) is 0 Å². The van der Waals surface area contributed by atoms with Gasteiger partial charge in [-0.2, -0.15) is 0 Å². The van der Waals surface area contributed by atoms with Gasteiger partial charge in [0.1, 0.15) is 0 Å². The second kappa shape index (κ2) is 7.05. The smallest absolute Gasteiger partial charge is 0.00202 e. The molecule has 0 unspecified atom stereocenters. The van der Waals surface area contributed by atoms with Gasteiger partial charge in [0.05, 0.1) is 0 Å². The Hall–Kier alpha value is -2.34. The molecule has 0 heteroatoms. The molecule has 0 aliphatic heterocycles. The first-order chi connectivity index (χ1) is 11.6. The summed E-state index contributed by atoms with van der Waals surface area (Å²) < 4.78 is 0. The predicted octanol–water partition coefficient (Wildman–Crippen LogP) is 6.10. The van der Waals surface area contributed by atoms with Gasteiger partial charge in [0.15, 0.2) is 0 Å². The van der Waals surface area contributed by atoms with E-state index in [9.17, 15) is 0 Å². The van der Waals surface area contributed by atoms with Crippen molar-refractivity contribution in [3.05, 3.63) is 105 Å². The van der Waals surface area contributed by atoms with Crippen molar-refractivity contribution in [3.8, 4) is 0 Å². The van der Waals surface area contributed by atoms with E-state index in [1.165, 1.54) is 44.5 Å². The third kappa shape index (κ3) is 3.43. The van der Waals surface area contributed by atoms with E-state index in [0.29, 0.717) is 0 Å². The van der Waals surface area contributed by atoms with E-state index < -0.39 is 0 Å². The van der Waals surface area contributed by atoms with Gasteiger partial charge in [-0.15, -0.1) is 0 Å². The highest BCUT2D eigenvalue weighted by atomic mass is 14.1. The molecule has 0 bridgehead atoms. The van der Waals surface area contributed by atoms with E-state index in [1.54, 1.807) is 0 Å². The summed E-state index contributed by atoms with van der Waals surface area (Å²) in [5.74, 6) is 0. The summed E-state index contributed by atoms with van der Waals surface area (Å²) in [6.07, 6.45) is 2.02. The van der Waals surface area contributed by atoms with Crippen molar-refractivity contribution in [2.45, 2.75) is 40.5 Å². The lowest BCUT2D eigenvalue weighted by Gasteiger charge is -2.14. The van der Waals surface area contributed by atoms with Gasteiger partial charge in [-0.25, -0.2) is 0 Å². The monoisotopic (exact) mass is 314 g/mol. The van der Waals surface area contributed by atoms with Crippen molar-refractivity contribution in [2.75, 3.05) is 0 Å². The van der Waals surface area contributed by atoms with E-state index in [1.807, 2.05) is 0 Å². The zero-order valence-corrected chi connectivity index (χ0v) is 15.2. The standard InChI is InChI=1S/C24H26/c1-17-9-7-13-21(19(17)3)15-23-11-5-6-12-24(23)16-22-14-8-10-18(2)20(22)4/h5-14H,15-16H2,1-4H3. The van der Waals surface area contributed by atoms with Crippen molar-refractivity contribution in [3.63, 3.8) is 0 Å². The lowest BCUT2D eigenvalue weighted by Crippen LogP contribution is -2.01. The van der Waals surface area contributed by atoms with Crippen LogP contribution in [0.3, 0.4) is 0 Å². The van der Waals surface area contributed by atoms with Crippen LogP contribution in [0, 0.1) is 27.7 Å². The Labute approximate surface area is 146 Å². The van der Waals surface area contributed by atoms with Crippen LogP contribution in [0.2, 0.25) is 0 Å². The van der Waals surface area contributed by atoms with E-state index in [2.05, 4.69) is 88.4 Å².